The zero-order valence-electron chi connectivity index (χ0n) is 13.9. The number of hydrogen-bond donors (Lipinski definition) is 1. The highest BCUT2D eigenvalue weighted by Crippen LogP contribution is 2.28. The SMILES string of the molecule is CCOc1cc(/C=N\NC(=O)OC)ccc1OC(=O)c1ccccc1. The van der Waals surface area contributed by atoms with Gasteiger partial charge in [0, 0.05) is 0 Å². The summed E-state index contributed by atoms with van der Waals surface area (Å²) in [6, 6.07) is 13.6. The van der Waals surface area contributed by atoms with Crippen molar-refractivity contribution in [3.8, 4) is 11.5 Å². The van der Waals surface area contributed by atoms with Gasteiger partial charge in [0.25, 0.3) is 0 Å². The van der Waals surface area contributed by atoms with Crippen molar-refractivity contribution in [3.63, 3.8) is 0 Å². The maximum atomic E-state index is 12.2. The van der Waals surface area contributed by atoms with E-state index in [0.717, 1.165) is 0 Å². The molecule has 1 N–H and O–H groups in total. The van der Waals surface area contributed by atoms with Crippen molar-refractivity contribution < 1.29 is 23.8 Å². The first-order valence-corrected chi connectivity index (χ1v) is 7.55. The standard InChI is InChI=1S/C18H18N2O5/c1-3-24-16-11-13(12-19-20-18(22)23-2)9-10-15(16)25-17(21)14-7-5-4-6-8-14/h4-12H,3H2,1-2H3,(H,20,22)/b19-12-. The van der Waals surface area contributed by atoms with E-state index in [0.29, 0.717) is 29.2 Å². The summed E-state index contributed by atoms with van der Waals surface area (Å²) >= 11 is 0. The van der Waals surface area contributed by atoms with Crippen molar-refractivity contribution in [2.24, 2.45) is 5.10 Å². The normalized spacial score (nSPS) is 10.3. The molecular formula is C18H18N2O5. The molecule has 0 aromatic heterocycles. The molecule has 2 aromatic carbocycles. The van der Waals surface area contributed by atoms with E-state index < -0.39 is 12.1 Å². The van der Waals surface area contributed by atoms with E-state index in [-0.39, 0.29) is 0 Å². The lowest BCUT2D eigenvalue weighted by molar-refractivity contribution is 0.0728. The fraction of sp³-hybridized carbons (Fsp3) is 0.167. The lowest BCUT2D eigenvalue weighted by Crippen LogP contribution is -2.16. The highest BCUT2D eigenvalue weighted by atomic mass is 16.6. The molecule has 0 bridgehead atoms. The van der Waals surface area contributed by atoms with Gasteiger partial charge in [-0.3, -0.25) is 0 Å². The van der Waals surface area contributed by atoms with Gasteiger partial charge in [0.15, 0.2) is 11.5 Å². The molecule has 0 aliphatic heterocycles. The number of nitrogens with one attached hydrogen (secondary N) is 1. The minimum atomic E-state index is -0.672. The Balaban J connectivity index is 2.15. The lowest BCUT2D eigenvalue weighted by Gasteiger charge is -2.11. The van der Waals surface area contributed by atoms with Gasteiger partial charge < -0.3 is 14.2 Å². The molecule has 0 saturated carbocycles. The van der Waals surface area contributed by atoms with Crippen molar-refractivity contribution in [1.82, 2.24) is 5.43 Å². The van der Waals surface area contributed by atoms with E-state index in [9.17, 15) is 9.59 Å². The predicted molar refractivity (Wildman–Crippen MR) is 92.1 cm³/mol. The summed E-state index contributed by atoms with van der Waals surface area (Å²) in [5, 5.41) is 3.74. The van der Waals surface area contributed by atoms with Gasteiger partial charge in [0.2, 0.25) is 0 Å². The largest absolute Gasteiger partial charge is 0.490 e. The highest BCUT2D eigenvalue weighted by molar-refractivity contribution is 5.91. The second-order valence-corrected chi connectivity index (χ2v) is 4.76. The Morgan fingerprint density at radius 2 is 1.88 bits per heavy atom. The van der Waals surface area contributed by atoms with Gasteiger partial charge in [-0.25, -0.2) is 15.0 Å². The molecule has 0 heterocycles. The van der Waals surface area contributed by atoms with Crippen LogP contribution in [0.25, 0.3) is 0 Å². The number of methoxy groups -OCH3 is 1. The van der Waals surface area contributed by atoms with Crippen molar-refractivity contribution in [2.75, 3.05) is 13.7 Å². The first kappa shape index (κ1) is 18.0. The summed E-state index contributed by atoms with van der Waals surface area (Å²) in [7, 11) is 1.24. The summed E-state index contributed by atoms with van der Waals surface area (Å²) in [6.45, 7) is 2.22. The molecule has 2 aromatic rings. The van der Waals surface area contributed by atoms with Gasteiger partial charge in [-0.1, -0.05) is 18.2 Å². The average Bonchev–Trinajstić information content (AvgIpc) is 2.64. The molecule has 25 heavy (non-hydrogen) atoms. The Bertz CT molecular complexity index is 759. The van der Waals surface area contributed by atoms with Crippen molar-refractivity contribution in [3.05, 3.63) is 59.7 Å². The number of nitrogens with zero attached hydrogens (tertiary/aromatic N) is 1. The zero-order valence-corrected chi connectivity index (χ0v) is 13.9. The number of rotatable bonds is 6. The van der Waals surface area contributed by atoms with Gasteiger partial charge in [-0.15, -0.1) is 0 Å². The Labute approximate surface area is 145 Å². The Morgan fingerprint density at radius 1 is 1.12 bits per heavy atom. The van der Waals surface area contributed by atoms with Crippen LogP contribution < -0.4 is 14.9 Å². The third kappa shape index (κ3) is 5.35. The van der Waals surface area contributed by atoms with Crippen LogP contribution >= 0.6 is 0 Å². The smallest absolute Gasteiger partial charge is 0.427 e. The molecule has 130 valence electrons. The number of ether oxygens (including phenoxy) is 3. The minimum absolute atomic E-state index is 0.300. The number of benzene rings is 2. The molecule has 0 aliphatic carbocycles. The molecule has 0 spiro atoms. The van der Waals surface area contributed by atoms with E-state index in [2.05, 4.69) is 15.3 Å². The minimum Gasteiger partial charge on any atom is -0.490 e. The van der Waals surface area contributed by atoms with E-state index >= 15 is 0 Å². The van der Waals surface area contributed by atoms with Crippen LogP contribution in [-0.2, 0) is 4.74 Å². The van der Waals surface area contributed by atoms with Crippen LogP contribution in [0.2, 0.25) is 0 Å². The van der Waals surface area contributed by atoms with Gasteiger partial charge in [-0.05, 0) is 42.8 Å². The third-order valence-electron chi connectivity index (χ3n) is 3.03. The monoisotopic (exact) mass is 342 g/mol. The second-order valence-electron chi connectivity index (χ2n) is 4.76. The number of amides is 1. The van der Waals surface area contributed by atoms with Gasteiger partial charge in [0.05, 0.1) is 25.5 Å². The fourth-order valence-corrected chi connectivity index (χ4v) is 1.90. The van der Waals surface area contributed by atoms with Crippen LogP contribution in [0.15, 0.2) is 53.6 Å². The van der Waals surface area contributed by atoms with E-state index in [1.165, 1.54) is 13.3 Å². The molecule has 0 unspecified atom stereocenters. The number of carbonyl (C=O) groups excluding carboxylic acids is 2. The molecule has 2 rings (SSSR count). The van der Waals surface area contributed by atoms with Crippen molar-refractivity contribution in [2.45, 2.75) is 6.92 Å². The molecule has 0 radical (unpaired) electrons. The molecule has 0 fully saturated rings. The third-order valence-corrected chi connectivity index (χ3v) is 3.03. The van der Waals surface area contributed by atoms with Crippen LogP contribution in [0.4, 0.5) is 4.79 Å². The number of hydrogen-bond acceptors (Lipinski definition) is 6. The quantitative estimate of drug-likeness (QED) is 0.377. The van der Waals surface area contributed by atoms with Gasteiger partial charge >= 0.3 is 12.1 Å². The molecule has 0 saturated heterocycles. The summed E-state index contributed by atoms with van der Waals surface area (Å²) in [5.41, 5.74) is 3.28. The summed E-state index contributed by atoms with van der Waals surface area (Å²) < 4.78 is 15.3. The van der Waals surface area contributed by atoms with Crippen LogP contribution in [0, 0.1) is 0 Å². The van der Waals surface area contributed by atoms with E-state index in [4.69, 9.17) is 9.47 Å². The molecule has 0 aliphatic rings. The summed E-state index contributed by atoms with van der Waals surface area (Å²) in [6.07, 6.45) is 0.747. The number of esters is 1. The highest BCUT2D eigenvalue weighted by Gasteiger charge is 2.12. The second kappa shape index (κ2) is 9.07. The van der Waals surface area contributed by atoms with Gasteiger partial charge in [0.1, 0.15) is 0 Å². The first-order valence-electron chi connectivity index (χ1n) is 7.55. The molecule has 7 heteroatoms. The number of carbonyl (C=O) groups is 2. The Hall–Kier alpha value is -3.35. The first-order chi connectivity index (χ1) is 12.1. The van der Waals surface area contributed by atoms with Crippen LogP contribution in [0.3, 0.4) is 0 Å². The maximum absolute atomic E-state index is 12.2. The Morgan fingerprint density at radius 3 is 2.56 bits per heavy atom. The summed E-state index contributed by atoms with van der Waals surface area (Å²) in [4.78, 5) is 23.1. The lowest BCUT2D eigenvalue weighted by atomic mass is 10.2. The fourth-order valence-electron chi connectivity index (χ4n) is 1.90. The predicted octanol–water partition coefficient (Wildman–Crippen LogP) is 2.99. The van der Waals surface area contributed by atoms with E-state index in [1.54, 1.807) is 42.5 Å². The van der Waals surface area contributed by atoms with Crippen molar-refractivity contribution >= 4 is 18.3 Å². The summed E-state index contributed by atoms with van der Waals surface area (Å²) in [5.74, 6) is 0.220. The van der Waals surface area contributed by atoms with Crippen LogP contribution in [0.1, 0.15) is 22.8 Å². The topological polar surface area (TPSA) is 86.2 Å². The zero-order chi connectivity index (χ0) is 18.1. The molecule has 0 atom stereocenters. The number of hydrazone groups is 1. The molecular weight excluding hydrogens is 324 g/mol. The van der Waals surface area contributed by atoms with Crippen LogP contribution in [0.5, 0.6) is 11.5 Å². The van der Waals surface area contributed by atoms with Crippen LogP contribution in [-0.4, -0.2) is 32.0 Å². The Kier molecular flexibility index (Phi) is 6.53. The average molecular weight is 342 g/mol. The van der Waals surface area contributed by atoms with Gasteiger partial charge in [-0.2, -0.15) is 5.10 Å². The van der Waals surface area contributed by atoms with Crippen molar-refractivity contribution in [1.29, 1.82) is 0 Å². The molecule has 1 amide bonds. The van der Waals surface area contributed by atoms with E-state index in [1.807, 2.05) is 13.0 Å². The molecule has 7 nitrogen and oxygen atoms in total. The maximum Gasteiger partial charge on any atom is 0.427 e.